The Hall–Kier alpha value is -9.00. The average Bonchev–Trinajstić information content (AvgIpc) is 4.11. The number of benzene rings is 10. The van der Waals surface area contributed by atoms with Gasteiger partial charge in [-0.3, -0.25) is 8.80 Å². The van der Waals surface area contributed by atoms with Crippen molar-refractivity contribution >= 4 is 132 Å². The monoisotopic (exact) mass is 840 g/mol. The second kappa shape index (κ2) is 13.3. The molecule has 0 N–H and O–H groups in total. The molecular weight excluding hydrogens is 805 g/mol. The van der Waals surface area contributed by atoms with Crippen molar-refractivity contribution in [2.45, 2.75) is 0 Å². The fourth-order valence-corrected chi connectivity index (χ4v) is 11.2. The highest BCUT2D eigenvalue weighted by Gasteiger charge is 2.30. The van der Waals surface area contributed by atoms with Gasteiger partial charge in [0.2, 0.25) is 0 Å². The van der Waals surface area contributed by atoms with E-state index >= 15 is 0 Å². The molecule has 0 amide bonds. The normalized spacial score (nSPS) is 12.2. The molecule has 66 heavy (non-hydrogen) atoms. The van der Waals surface area contributed by atoms with E-state index in [9.17, 15) is 0 Å². The lowest BCUT2D eigenvalue weighted by molar-refractivity contribution is 1.23. The number of aromatic nitrogens is 4. The van der Waals surface area contributed by atoms with E-state index in [1.165, 1.54) is 37.7 Å². The first-order valence-corrected chi connectivity index (χ1v) is 22.5. The topological polar surface area (TPSA) is 41.1 Å². The van der Waals surface area contributed by atoms with E-state index in [0.717, 1.165) is 94.7 Å². The fourth-order valence-electron chi connectivity index (χ4n) is 11.2. The highest BCUT2D eigenvalue weighted by Crippen LogP contribution is 2.51. The van der Waals surface area contributed by atoms with E-state index in [-0.39, 0.29) is 0 Å². The predicted octanol–water partition coefficient (Wildman–Crippen LogP) is 16.0. The predicted molar refractivity (Wildman–Crippen MR) is 276 cm³/mol. The minimum atomic E-state index is 0.848. The van der Waals surface area contributed by atoms with Crippen LogP contribution in [0.4, 0.5) is 34.1 Å². The largest absolute Gasteiger partial charge is 0.308 e. The van der Waals surface area contributed by atoms with Gasteiger partial charge in [-0.1, -0.05) is 158 Å². The van der Waals surface area contributed by atoms with Crippen LogP contribution in [0.3, 0.4) is 0 Å². The maximum Gasteiger partial charge on any atom is 0.165 e. The Morgan fingerprint density at radius 1 is 0.303 bits per heavy atom. The Bertz CT molecular complexity index is 4270. The van der Waals surface area contributed by atoms with Gasteiger partial charge in [-0.15, -0.1) is 0 Å². The number of nitrogens with zero attached hydrogens (tertiary/aromatic N) is 6. The molecule has 6 heteroatoms. The van der Waals surface area contributed by atoms with Crippen molar-refractivity contribution in [3.05, 3.63) is 218 Å². The molecule has 6 nitrogen and oxygen atoms in total. The smallest absolute Gasteiger partial charge is 0.165 e. The quantitative estimate of drug-likeness (QED) is 0.167. The van der Waals surface area contributed by atoms with Crippen molar-refractivity contribution in [3.8, 4) is 0 Å². The number of fused-ring (bicyclic) bond motifs is 15. The van der Waals surface area contributed by atoms with Crippen LogP contribution in [0, 0.1) is 0 Å². The molecule has 15 rings (SSSR count). The molecule has 0 bridgehead atoms. The molecule has 0 saturated heterocycles. The summed E-state index contributed by atoms with van der Waals surface area (Å²) < 4.78 is 4.83. The zero-order chi connectivity index (χ0) is 43.0. The van der Waals surface area contributed by atoms with Crippen molar-refractivity contribution < 1.29 is 0 Å². The van der Waals surface area contributed by atoms with Crippen molar-refractivity contribution in [3.63, 3.8) is 0 Å². The third-order valence-electron chi connectivity index (χ3n) is 13.8. The molecule has 0 radical (unpaired) electrons. The molecule has 306 valence electrons. The molecule has 10 aromatic carbocycles. The summed E-state index contributed by atoms with van der Waals surface area (Å²) >= 11 is 0. The zero-order valence-electron chi connectivity index (χ0n) is 35.5. The second-order valence-electron chi connectivity index (χ2n) is 17.3. The van der Waals surface area contributed by atoms with Gasteiger partial charge >= 0.3 is 0 Å². The third kappa shape index (κ3) is 4.69. The molecule has 0 aliphatic carbocycles. The Balaban J connectivity index is 1.13. The van der Waals surface area contributed by atoms with Crippen molar-refractivity contribution in [1.82, 2.24) is 18.8 Å². The Morgan fingerprint density at radius 3 is 1.30 bits per heavy atom. The number of hydrogen-bond acceptors (Lipinski definition) is 4. The number of rotatable bonds is 6. The SMILES string of the molecule is c1ccc(N(c2ccccc2)c2c3ccccc3cc3c4cccc5c6nc7c(nc6n(c23)c45)c2cccc3c4c5ccccc5cc(N(c5ccccc5)c5ccccc5)c4n7c23)cc1. The second-order valence-corrected chi connectivity index (χ2v) is 17.3. The number of hydrogen-bond donors (Lipinski definition) is 0. The van der Waals surface area contributed by atoms with E-state index in [1.54, 1.807) is 0 Å². The number of para-hydroxylation sites is 6. The number of anilines is 6. The van der Waals surface area contributed by atoms with Gasteiger partial charge in [0, 0.05) is 60.5 Å². The Kier molecular flexibility index (Phi) is 7.13. The van der Waals surface area contributed by atoms with Crippen LogP contribution in [-0.2, 0) is 0 Å². The van der Waals surface area contributed by atoms with Gasteiger partial charge in [0.05, 0.1) is 33.4 Å². The third-order valence-corrected chi connectivity index (χ3v) is 13.8. The molecule has 0 fully saturated rings. The zero-order valence-corrected chi connectivity index (χ0v) is 35.5. The highest BCUT2D eigenvalue weighted by molar-refractivity contribution is 6.32. The fraction of sp³-hybridized carbons (Fsp3) is 0. The lowest BCUT2D eigenvalue weighted by Gasteiger charge is -2.28. The van der Waals surface area contributed by atoms with E-state index in [0.29, 0.717) is 0 Å². The summed E-state index contributed by atoms with van der Waals surface area (Å²) in [6, 6.07) is 78.6. The van der Waals surface area contributed by atoms with Crippen LogP contribution in [0.1, 0.15) is 0 Å². The van der Waals surface area contributed by atoms with Gasteiger partial charge < -0.3 is 9.80 Å². The van der Waals surface area contributed by atoms with Crippen LogP contribution in [-0.4, -0.2) is 18.8 Å². The van der Waals surface area contributed by atoms with Crippen LogP contribution >= 0.6 is 0 Å². The lowest BCUT2D eigenvalue weighted by atomic mass is 10.0. The molecule has 0 atom stereocenters. The minimum Gasteiger partial charge on any atom is -0.308 e. The van der Waals surface area contributed by atoms with E-state index < -0.39 is 0 Å². The van der Waals surface area contributed by atoms with Gasteiger partial charge in [0.25, 0.3) is 0 Å². The standard InChI is InChI=1S/C60H36N6/c1-5-21-39(22-6-1)63(40-23-7-2-8-24-40)50-36-38-20-13-15-29-43(38)51-46-32-18-34-48-53-60(66(55(46)48)58(50)51)62-52-47-33-17-31-45-49-35-37-19-14-16-30-44(37)56(57(49)65(54(45)47)59(52)61-53)64(41-25-9-3-10-26-41)42-27-11-4-12-28-42/h1-36H. The maximum absolute atomic E-state index is 5.84. The van der Waals surface area contributed by atoms with Gasteiger partial charge in [-0.25, -0.2) is 9.97 Å². The Morgan fingerprint density at radius 2 is 0.727 bits per heavy atom. The van der Waals surface area contributed by atoms with Crippen LogP contribution in [0.2, 0.25) is 0 Å². The molecule has 0 saturated carbocycles. The van der Waals surface area contributed by atoms with Gasteiger partial charge in [0.15, 0.2) is 11.3 Å². The first kappa shape index (κ1) is 35.5. The van der Waals surface area contributed by atoms with E-state index in [2.05, 4.69) is 237 Å². The van der Waals surface area contributed by atoms with Crippen LogP contribution in [0.15, 0.2) is 218 Å². The van der Waals surface area contributed by atoms with Gasteiger partial charge in [-0.05, 0) is 76.8 Å². The van der Waals surface area contributed by atoms with E-state index in [4.69, 9.17) is 9.97 Å². The molecule has 0 aliphatic rings. The molecule has 5 heterocycles. The first-order valence-electron chi connectivity index (χ1n) is 22.5. The summed E-state index contributed by atoms with van der Waals surface area (Å²) in [6.45, 7) is 0. The molecule has 0 unspecified atom stereocenters. The minimum absolute atomic E-state index is 0.848. The van der Waals surface area contributed by atoms with Crippen LogP contribution in [0.5, 0.6) is 0 Å². The van der Waals surface area contributed by atoms with Crippen LogP contribution < -0.4 is 9.80 Å². The molecule has 5 aromatic heterocycles. The summed E-state index contributed by atoms with van der Waals surface area (Å²) in [4.78, 5) is 16.5. The van der Waals surface area contributed by atoms with Gasteiger partial charge in [0.1, 0.15) is 11.0 Å². The molecule has 15 aromatic rings. The van der Waals surface area contributed by atoms with Crippen molar-refractivity contribution in [2.24, 2.45) is 0 Å². The van der Waals surface area contributed by atoms with E-state index in [1.807, 2.05) is 0 Å². The van der Waals surface area contributed by atoms with Crippen molar-refractivity contribution in [2.75, 3.05) is 9.80 Å². The Labute approximate surface area is 377 Å². The maximum atomic E-state index is 5.84. The molecule has 0 aliphatic heterocycles. The molecular formula is C60H36N6. The molecule has 0 spiro atoms. The summed E-state index contributed by atoms with van der Waals surface area (Å²) in [7, 11) is 0. The average molecular weight is 841 g/mol. The first-order chi connectivity index (χ1) is 32.8. The highest BCUT2D eigenvalue weighted by atomic mass is 15.2. The lowest BCUT2D eigenvalue weighted by Crippen LogP contribution is -2.11. The summed E-state index contributed by atoms with van der Waals surface area (Å²) in [5, 5.41) is 11.7. The van der Waals surface area contributed by atoms with Gasteiger partial charge in [-0.2, -0.15) is 0 Å². The summed E-state index contributed by atoms with van der Waals surface area (Å²) in [6.07, 6.45) is 0. The summed E-state index contributed by atoms with van der Waals surface area (Å²) in [5.41, 5.74) is 14.4. The van der Waals surface area contributed by atoms with Crippen molar-refractivity contribution in [1.29, 1.82) is 0 Å². The van der Waals surface area contributed by atoms with Crippen LogP contribution in [0.25, 0.3) is 98.3 Å². The summed E-state index contributed by atoms with van der Waals surface area (Å²) in [5.74, 6) is 0.